The molecule has 1 aromatic carbocycles. The number of oxazole rings is 1. The number of aromatic nitrogens is 5. The molecule has 222 valence electrons. The number of ether oxygens (including phenoxy) is 4. The molecule has 5 N–H and O–H groups in total. The van der Waals surface area contributed by atoms with Crippen LogP contribution < -0.4 is 16.8 Å². The Balaban J connectivity index is 1.14. The molecule has 0 saturated carbocycles. The SMILES string of the molecule is CCOCCOCCOCCOCCC(=O)NCCCCn1nc(-c2ccc3oc(N)nc3c2)c2c(N)ncnc21. The van der Waals surface area contributed by atoms with Gasteiger partial charge in [0.1, 0.15) is 23.4 Å². The lowest BCUT2D eigenvalue weighted by Gasteiger charge is -2.08. The summed E-state index contributed by atoms with van der Waals surface area (Å²) in [6, 6.07) is 5.62. The summed E-state index contributed by atoms with van der Waals surface area (Å²) in [7, 11) is 0. The fraction of sp³-hybridized carbons (Fsp3) is 0.519. The first-order chi connectivity index (χ1) is 20.1. The first-order valence-corrected chi connectivity index (χ1v) is 13.8. The van der Waals surface area contributed by atoms with Crippen molar-refractivity contribution in [2.45, 2.75) is 32.7 Å². The van der Waals surface area contributed by atoms with Gasteiger partial charge < -0.3 is 40.1 Å². The van der Waals surface area contributed by atoms with Crippen LogP contribution in [0.5, 0.6) is 0 Å². The average molecular weight is 571 g/mol. The maximum atomic E-state index is 12.1. The summed E-state index contributed by atoms with van der Waals surface area (Å²) < 4.78 is 28.6. The molecule has 3 aromatic heterocycles. The van der Waals surface area contributed by atoms with Gasteiger partial charge in [-0.15, -0.1) is 0 Å². The number of anilines is 2. The predicted octanol–water partition coefficient (Wildman–Crippen LogP) is 2.17. The molecule has 0 saturated heterocycles. The van der Waals surface area contributed by atoms with Gasteiger partial charge in [0, 0.05) is 31.7 Å². The summed E-state index contributed by atoms with van der Waals surface area (Å²) in [5.74, 6) is 0.296. The number of carbonyl (C=O) groups is 1. The number of fused-ring (bicyclic) bond motifs is 2. The Labute approximate surface area is 237 Å². The minimum atomic E-state index is -0.0511. The number of aryl methyl sites for hydroxylation is 1. The lowest BCUT2D eigenvalue weighted by molar-refractivity contribution is -0.122. The number of benzene rings is 1. The topological polar surface area (TPSA) is 188 Å². The summed E-state index contributed by atoms with van der Waals surface area (Å²) in [6.45, 7) is 7.20. The molecule has 0 aliphatic carbocycles. The first-order valence-electron chi connectivity index (χ1n) is 13.8. The van der Waals surface area contributed by atoms with Gasteiger partial charge in [0.2, 0.25) is 5.91 Å². The van der Waals surface area contributed by atoms with Crippen LogP contribution in [-0.4, -0.2) is 90.0 Å². The van der Waals surface area contributed by atoms with Crippen LogP contribution in [0.15, 0.2) is 28.9 Å². The molecule has 0 spiro atoms. The van der Waals surface area contributed by atoms with Crippen LogP contribution in [0.1, 0.15) is 26.2 Å². The highest BCUT2D eigenvalue weighted by atomic mass is 16.6. The Kier molecular flexibility index (Phi) is 11.6. The van der Waals surface area contributed by atoms with Crippen LogP contribution in [0.3, 0.4) is 0 Å². The highest BCUT2D eigenvalue weighted by Gasteiger charge is 2.18. The monoisotopic (exact) mass is 570 g/mol. The van der Waals surface area contributed by atoms with E-state index >= 15 is 0 Å². The fourth-order valence-electron chi connectivity index (χ4n) is 4.15. The van der Waals surface area contributed by atoms with Gasteiger partial charge in [-0.05, 0) is 38.0 Å². The lowest BCUT2D eigenvalue weighted by Crippen LogP contribution is -2.26. The van der Waals surface area contributed by atoms with E-state index in [0.29, 0.717) is 106 Å². The molecule has 14 heteroatoms. The van der Waals surface area contributed by atoms with Crippen LogP contribution in [-0.2, 0) is 30.3 Å². The normalized spacial score (nSPS) is 11.5. The number of nitrogens with zero attached hydrogens (tertiary/aromatic N) is 5. The van der Waals surface area contributed by atoms with Crippen molar-refractivity contribution in [2.75, 3.05) is 70.9 Å². The number of hydrogen-bond donors (Lipinski definition) is 3. The van der Waals surface area contributed by atoms with Crippen molar-refractivity contribution < 1.29 is 28.2 Å². The number of hydrogen-bond acceptors (Lipinski definition) is 12. The molecule has 4 rings (SSSR count). The number of nitrogens with one attached hydrogen (secondary N) is 1. The molecule has 0 unspecified atom stereocenters. The molecule has 0 radical (unpaired) electrons. The Bertz CT molecular complexity index is 1390. The zero-order chi connectivity index (χ0) is 28.9. The van der Waals surface area contributed by atoms with Crippen LogP contribution in [0.2, 0.25) is 0 Å². The van der Waals surface area contributed by atoms with E-state index in [2.05, 4.69) is 20.3 Å². The Morgan fingerprint density at radius 3 is 2.46 bits per heavy atom. The van der Waals surface area contributed by atoms with Gasteiger partial charge in [-0.25, -0.2) is 14.6 Å². The fourth-order valence-corrected chi connectivity index (χ4v) is 4.15. The van der Waals surface area contributed by atoms with E-state index in [0.717, 1.165) is 18.4 Å². The smallest absolute Gasteiger partial charge is 0.292 e. The van der Waals surface area contributed by atoms with E-state index < -0.39 is 0 Å². The second-order valence-corrected chi connectivity index (χ2v) is 9.10. The van der Waals surface area contributed by atoms with E-state index in [-0.39, 0.29) is 11.9 Å². The Hall–Kier alpha value is -3.85. The zero-order valence-corrected chi connectivity index (χ0v) is 23.3. The molecule has 1 amide bonds. The van der Waals surface area contributed by atoms with Crippen molar-refractivity contribution in [3.05, 3.63) is 24.5 Å². The van der Waals surface area contributed by atoms with Crippen molar-refractivity contribution in [3.63, 3.8) is 0 Å². The van der Waals surface area contributed by atoms with E-state index in [1.165, 1.54) is 6.33 Å². The van der Waals surface area contributed by atoms with Gasteiger partial charge in [-0.3, -0.25) is 4.79 Å². The molecule has 41 heavy (non-hydrogen) atoms. The number of amides is 1. The van der Waals surface area contributed by atoms with E-state index in [1.54, 1.807) is 6.07 Å². The number of unbranched alkanes of at least 4 members (excludes halogenated alkanes) is 1. The highest BCUT2D eigenvalue weighted by molar-refractivity contribution is 5.99. The highest BCUT2D eigenvalue weighted by Crippen LogP contribution is 2.32. The molecule has 0 aliphatic heterocycles. The van der Waals surface area contributed by atoms with Crippen molar-refractivity contribution in [1.29, 1.82) is 0 Å². The second-order valence-electron chi connectivity index (χ2n) is 9.10. The molecule has 14 nitrogen and oxygen atoms in total. The summed E-state index contributed by atoms with van der Waals surface area (Å²) in [5.41, 5.74) is 15.2. The lowest BCUT2D eigenvalue weighted by atomic mass is 10.1. The minimum Gasteiger partial charge on any atom is -0.424 e. The standard InChI is InChI=1S/C27H38N8O6/c1-2-37-11-12-39-15-16-40-14-13-38-10-7-22(36)30-8-3-4-9-35-26-23(25(28)31-18-32-26)24(34-35)19-5-6-21-20(17-19)33-27(29)41-21/h5-6,17-18H,2-4,7-16H2,1H3,(H2,29,33)(H,30,36)(H2,28,31,32). The summed E-state index contributed by atoms with van der Waals surface area (Å²) >= 11 is 0. The van der Waals surface area contributed by atoms with Crippen LogP contribution in [0.4, 0.5) is 11.8 Å². The maximum absolute atomic E-state index is 12.1. The molecule has 3 heterocycles. The summed E-state index contributed by atoms with van der Waals surface area (Å²) in [6.07, 6.45) is 3.28. The molecular formula is C27H38N8O6. The molecule has 0 aliphatic rings. The van der Waals surface area contributed by atoms with Gasteiger partial charge in [-0.2, -0.15) is 10.1 Å². The number of carbonyl (C=O) groups excluding carboxylic acids is 1. The average Bonchev–Trinajstić information content (AvgIpc) is 3.53. The summed E-state index contributed by atoms with van der Waals surface area (Å²) in [5, 5.41) is 8.38. The Morgan fingerprint density at radius 1 is 0.976 bits per heavy atom. The number of nitrogen functional groups attached to an aromatic ring is 2. The van der Waals surface area contributed by atoms with Crippen molar-refractivity contribution in [2.24, 2.45) is 0 Å². The van der Waals surface area contributed by atoms with E-state index in [9.17, 15) is 4.79 Å². The Morgan fingerprint density at radius 2 is 1.71 bits per heavy atom. The number of rotatable bonds is 19. The van der Waals surface area contributed by atoms with Gasteiger partial charge >= 0.3 is 0 Å². The number of nitrogens with two attached hydrogens (primary N) is 2. The quantitative estimate of drug-likeness (QED) is 0.140. The third-order valence-corrected chi connectivity index (χ3v) is 6.15. The predicted molar refractivity (Wildman–Crippen MR) is 153 cm³/mol. The molecule has 0 bridgehead atoms. The van der Waals surface area contributed by atoms with Gasteiger partial charge in [0.05, 0.1) is 51.6 Å². The van der Waals surface area contributed by atoms with Crippen LogP contribution >= 0.6 is 0 Å². The maximum Gasteiger partial charge on any atom is 0.292 e. The second kappa shape index (κ2) is 15.8. The van der Waals surface area contributed by atoms with Gasteiger partial charge in [0.15, 0.2) is 11.2 Å². The minimum absolute atomic E-state index is 0.0511. The van der Waals surface area contributed by atoms with Crippen molar-refractivity contribution in [3.8, 4) is 11.3 Å². The third-order valence-electron chi connectivity index (χ3n) is 6.15. The molecule has 4 aromatic rings. The molecule has 0 fully saturated rings. The largest absolute Gasteiger partial charge is 0.424 e. The third kappa shape index (κ3) is 8.82. The zero-order valence-electron chi connectivity index (χ0n) is 23.3. The van der Waals surface area contributed by atoms with Crippen molar-refractivity contribution >= 4 is 39.9 Å². The summed E-state index contributed by atoms with van der Waals surface area (Å²) in [4.78, 5) is 24.9. The first kappa shape index (κ1) is 30.1. The van der Waals surface area contributed by atoms with Gasteiger partial charge in [-0.1, -0.05) is 0 Å². The van der Waals surface area contributed by atoms with E-state index in [4.69, 9.17) is 39.9 Å². The van der Waals surface area contributed by atoms with Gasteiger partial charge in [0.25, 0.3) is 6.01 Å². The van der Waals surface area contributed by atoms with Crippen LogP contribution in [0.25, 0.3) is 33.4 Å². The van der Waals surface area contributed by atoms with Crippen molar-refractivity contribution in [1.82, 2.24) is 30.0 Å². The molecule has 0 atom stereocenters. The van der Waals surface area contributed by atoms with E-state index in [1.807, 2.05) is 23.7 Å². The molecular weight excluding hydrogens is 532 g/mol. The van der Waals surface area contributed by atoms with Crippen LogP contribution in [0, 0.1) is 0 Å².